The number of halogens is 3. The van der Waals surface area contributed by atoms with Crippen LogP contribution in [0, 0.1) is 0 Å². The Morgan fingerprint density at radius 3 is 2.73 bits per heavy atom. The molecule has 0 bridgehead atoms. The fourth-order valence-corrected chi connectivity index (χ4v) is 3.59. The third-order valence-corrected chi connectivity index (χ3v) is 5.35. The lowest BCUT2D eigenvalue weighted by molar-refractivity contribution is 0.267. The predicted molar refractivity (Wildman–Crippen MR) is 121 cm³/mol. The van der Waals surface area contributed by atoms with Crippen molar-refractivity contribution in [1.82, 2.24) is 20.2 Å². The third-order valence-electron chi connectivity index (χ3n) is 4.02. The molecule has 0 radical (unpaired) electrons. The lowest BCUT2D eigenvalue weighted by Gasteiger charge is -2.16. The van der Waals surface area contributed by atoms with Gasteiger partial charge in [-0.05, 0) is 68.7 Å². The number of benzene rings is 2. The number of aromatic nitrogens is 4. The van der Waals surface area contributed by atoms with Crippen molar-refractivity contribution in [3.8, 4) is 11.5 Å². The van der Waals surface area contributed by atoms with E-state index < -0.39 is 0 Å². The Hall–Kier alpha value is -2.29. The largest absolute Gasteiger partial charge is 0.490 e. The predicted octanol–water partition coefficient (Wildman–Crippen LogP) is 5.52. The summed E-state index contributed by atoms with van der Waals surface area (Å²) in [6.07, 6.45) is 1.73. The van der Waals surface area contributed by atoms with Gasteiger partial charge >= 0.3 is 0 Å². The lowest BCUT2D eigenvalue weighted by Crippen LogP contribution is -2.09. The first-order valence-corrected chi connectivity index (χ1v) is 10.7. The molecule has 7 nitrogen and oxygen atoms in total. The molecule has 0 atom stereocenters. The molecule has 10 heteroatoms. The van der Waals surface area contributed by atoms with Gasteiger partial charge in [0.15, 0.2) is 11.5 Å². The highest BCUT2D eigenvalue weighted by Gasteiger charge is 2.14. The number of nitrogens with zero attached hydrogens (tertiary/aromatic N) is 4. The molecule has 0 saturated heterocycles. The summed E-state index contributed by atoms with van der Waals surface area (Å²) in [6, 6.07) is 9.28. The van der Waals surface area contributed by atoms with Crippen LogP contribution in [0.1, 0.15) is 18.1 Å². The number of ether oxygens (including phenoxy) is 2. The molecule has 1 N–H and O–H groups in total. The zero-order chi connectivity index (χ0) is 21.5. The van der Waals surface area contributed by atoms with Gasteiger partial charge in [-0.3, -0.25) is 0 Å². The molecule has 3 rings (SSSR count). The van der Waals surface area contributed by atoms with Gasteiger partial charge in [-0.2, -0.15) is 0 Å². The molecule has 158 valence electrons. The Morgan fingerprint density at radius 2 is 2.00 bits per heavy atom. The molecule has 0 aliphatic carbocycles. The van der Waals surface area contributed by atoms with Crippen LogP contribution >= 0.6 is 39.1 Å². The molecule has 30 heavy (non-hydrogen) atoms. The van der Waals surface area contributed by atoms with Gasteiger partial charge in [0.1, 0.15) is 6.61 Å². The number of hydrogen-bond acceptors (Lipinski definition) is 6. The van der Waals surface area contributed by atoms with Gasteiger partial charge in [-0.1, -0.05) is 40.4 Å². The molecule has 1 aromatic heterocycles. The summed E-state index contributed by atoms with van der Waals surface area (Å²) in [5.41, 5.74) is 1.87. The van der Waals surface area contributed by atoms with Crippen molar-refractivity contribution >= 4 is 45.1 Å². The summed E-state index contributed by atoms with van der Waals surface area (Å²) >= 11 is 15.7. The number of hydrogen-bond donors (Lipinski definition) is 1. The number of tetrazole rings is 1. The second kappa shape index (κ2) is 10.7. The van der Waals surface area contributed by atoms with Gasteiger partial charge in [0.2, 0.25) is 5.95 Å². The third kappa shape index (κ3) is 5.65. The van der Waals surface area contributed by atoms with Crippen molar-refractivity contribution in [2.45, 2.75) is 26.6 Å². The maximum Gasteiger partial charge on any atom is 0.243 e. The topological polar surface area (TPSA) is 74.1 Å². The number of allylic oxidation sites excluding steroid dienone is 1. The molecule has 0 aliphatic rings. The highest BCUT2D eigenvalue weighted by molar-refractivity contribution is 9.10. The van der Waals surface area contributed by atoms with Crippen LogP contribution in [0.25, 0.3) is 0 Å². The highest BCUT2D eigenvalue weighted by Crippen LogP contribution is 2.38. The van der Waals surface area contributed by atoms with Crippen LogP contribution in [-0.2, 0) is 19.7 Å². The molecule has 3 aromatic rings. The molecule has 2 aromatic carbocycles. The zero-order valence-electron chi connectivity index (χ0n) is 16.2. The summed E-state index contributed by atoms with van der Waals surface area (Å²) in [5.74, 6) is 1.81. The van der Waals surface area contributed by atoms with Gasteiger partial charge in [0.05, 0.1) is 27.7 Å². The molecule has 0 spiro atoms. The van der Waals surface area contributed by atoms with Gasteiger partial charge < -0.3 is 14.8 Å². The molecule has 0 amide bonds. The Labute approximate surface area is 193 Å². The van der Waals surface area contributed by atoms with Crippen LogP contribution in [0.5, 0.6) is 11.5 Å². The maximum atomic E-state index is 6.09. The molecular weight excluding hydrogens is 493 g/mol. The van der Waals surface area contributed by atoms with Crippen LogP contribution < -0.4 is 14.8 Å². The molecule has 1 heterocycles. The van der Waals surface area contributed by atoms with E-state index in [-0.39, 0.29) is 0 Å². The summed E-state index contributed by atoms with van der Waals surface area (Å²) < 4.78 is 14.2. The van der Waals surface area contributed by atoms with Crippen molar-refractivity contribution in [2.24, 2.45) is 0 Å². The van der Waals surface area contributed by atoms with Crippen LogP contribution in [-0.4, -0.2) is 26.8 Å². The van der Waals surface area contributed by atoms with E-state index in [1.54, 1.807) is 22.9 Å². The minimum Gasteiger partial charge on any atom is -0.490 e. The van der Waals surface area contributed by atoms with Gasteiger partial charge in [0.25, 0.3) is 0 Å². The first kappa shape index (κ1) is 22.4. The zero-order valence-corrected chi connectivity index (χ0v) is 19.3. The Morgan fingerprint density at radius 1 is 1.17 bits per heavy atom. The van der Waals surface area contributed by atoms with Gasteiger partial charge in [-0.15, -0.1) is 6.58 Å². The average Bonchev–Trinajstić information content (AvgIpc) is 3.16. The second-order valence-electron chi connectivity index (χ2n) is 6.20. The molecule has 0 aliphatic heterocycles. The van der Waals surface area contributed by atoms with Crippen molar-refractivity contribution < 1.29 is 9.47 Å². The van der Waals surface area contributed by atoms with Crippen molar-refractivity contribution in [1.29, 1.82) is 0 Å². The Balaban J connectivity index is 1.75. The summed E-state index contributed by atoms with van der Waals surface area (Å²) in [6.45, 7) is 7.47. The normalized spacial score (nSPS) is 10.7. The van der Waals surface area contributed by atoms with E-state index in [0.29, 0.717) is 53.8 Å². The lowest BCUT2D eigenvalue weighted by atomic mass is 10.2. The van der Waals surface area contributed by atoms with Gasteiger partial charge in [0, 0.05) is 6.54 Å². The molecule has 0 saturated carbocycles. The maximum absolute atomic E-state index is 6.09. The summed E-state index contributed by atoms with van der Waals surface area (Å²) in [4.78, 5) is 0. The standard InChI is InChI=1S/C20H20BrCl2N5O2/c1-3-7-28-20(25-26-27-28)24-11-14-8-15(21)19(18(10-14)29-4-2)30-12-13-5-6-16(22)17(23)9-13/h3,5-6,8-10H,1,4,7,11-12H2,2H3,(H,24,25,27). The van der Waals surface area contributed by atoms with Gasteiger partial charge in [-0.25, -0.2) is 4.68 Å². The fourth-order valence-electron chi connectivity index (χ4n) is 2.67. The minimum atomic E-state index is 0.323. The first-order valence-electron chi connectivity index (χ1n) is 9.14. The van der Waals surface area contributed by atoms with Crippen LogP contribution in [0.4, 0.5) is 5.95 Å². The van der Waals surface area contributed by atoms with E-state index in [4.69, 9.17) is 32.7 Å². The molecule has 0 fully saturated rings. The molecule has 0 unspecified atom stereocenters. The monoisotopic (exact) mass is 511 g/mol. The average molecular weight is 513 g/mol. The minimum absolute atomic E-state index is 0.323. The fraction of sp³-hybridized carbons (Fsp3) is 0.250. The van der Waals surface area contributed by atoms with E-state index in [2.05, 4.69) is 43.4 Å². The number of rotatable bonds is 10. The highest BCUT2D eigenvalue weighted by atomic mass is 79.9. The van der Waals surface area contributed by atoms with Crippen molar-refractivity contribution in [3.05, 3.63) is 68.6 Å². The van der Waals surface area contributed by atoms with E-state index in [1.165, 1.54) is 0 Å². The second-order valence-corrected chi connectivity index (χ2v) is 7.87. The number of nitrogens with one attached hydrogen (secondary N) is 1. The van der Waals surface area contributed by atoms with E-state index in [9.17, 15) is 0 Å². The van der Waals surface area contributed by atoms with E-state index >= 15 is 0 Å². The first-order chi connectivity index (χ1) is 14.5. The summed E-state index contributed by atoms with van der Waals surface area (Å²) in [7, 11) is 0. The Bertz CT molecular complexity index is 1030. The smallest absolute Gasteiger partial charge is 0.243 e. The van der Waals surface area contributed by atoms with Crippen molar-refractivity contribution in [2.75, 3.05) is 11.9 Å². The van der Waals surface area contributed by atoms with E-state index in [0.717, 1.165) is 15.6 Å². The van der Waals surface area contributed by atoms with E-state index in [1.807, 2.05) is 25.1 Å². The van der Waals surface area contributed by atoms with Crippen molar-refractivity contribution in [3.63, 3.8) is 0 Å². The summed E-state index contributed by atoms with van der Waals surface area (Å²) in [5, 5.41) is 15.8. The Kier molecular flexibility index (Phi) is 7.95. The van der Waals surface area contributed by atoms with Crippen LogP contribution in [0.3, 0.4) is 0 Å². The number of anilines is 1. The van der Waals surface area contributed by atoms with Crippen LogP contribution in [0.15, 0.2) is 47.5 Å². The van der Waals surface area contributed by atoms with Crippen LogP contribution in [0.2, 0.25) is 10.0 Å². The quantitative estimate of drug-likeness (QED) is 0.360. The SMILES string of the molecule is C=CCn1nnnc1NCc1cc(Br)c(OCc2ccc(Cl)c(Cl)c2)c(OCC)c1. The molecular formula is C20H20BrCl2N5O2.